The minimum Gasteiger partial charge on any atom is -0.496 e. The number of carbonyl (C=O) groups excluding carboxylic acids is 1. The van der Waals surface area contributed by atoms with Crippen LogP contribution in [-0.4, -0.2) is 26.6 Å². The molecule has 0 atom stereocenters. The van der Waals surface area contributed by atoms with Crippen molar-refractivity contribution >= 4 is 5.78 Å². The van der Waals surface area contributed by atoms with E-state index >= 15 is 0 Å². The molecule has 0 saturated carbocycles. The smallest absolute Gasteiger partial charge is 0.203 e. The summed E-state index contributed by atoms with van der Waals surface area (Å²) >= 11 is 0. The van der Waals surface area contributed by atoms with Crippen LogP contribution >= 0.6 is 0 Å². The Kier molecular flexibility index (Phi) is 4.82. The Hall–Kier alpha value is -2.49. The third kappa shape index (κ3) is 3.54. The number of hydrogen-bond donors (Lipinski definition) is 0. The number of methoxy groups -OCH3 is 2. The summed E-state index contributed by atoms with van der Waals surface area (Å²) in [6.45, 7) is 1.88. The highest BCUT2D eigenvalue weighted by Gasteiger charge is 2.14. The number of Topliss-reactive ketones (excluding diaryl/α,β-unsaturated/α-hetero) is 1. The molecule has 2 rings (SSSR count). The lowest BCUT2D eigenvalue weighted by atomic mass is 10.1. The molecule has 0 N–H and O–H groups in total. The first-order chi connectivity index (χ1) is 10.2. The van der Waals surface area contributed by atoms with Crippen LogP contribution < -0.4 is 14.2 Å². The first-order valence-corrected chi connectivity index (χ1v) is 6.59. The van der Waals surface area contributed by atoms with Crippen LogP contribution in [0.5, 0.6) is 17.2 Å². The summed E-state index contributed by atoms with van der Waals surface area (Å²) in [6.07, 6.45) is 0. The van der Waals surface area contributed by atoms with Crippen molar-refractivity contribution in [3.8, 4) is 17.2 Å². The molecule has 2 aromatic rings. The lowest BCUT2D eigenvalue weighted by molar-refractivity contribution is 0.0916. The zero-order chi connectivity index (χ0) is 15.2. The van der Waals surface area contributed by atoms with Crippen molar-refractivity contribution in [3.05, 3.63) is 53.6 Å². The van der Waals surface area contributed by atoms with E-state index < -0.39 is 0 Å². The molecule has 0 heterocycles. The molecule has 0 spiro atoms. The molecular weight excluding hydrogens is 268 g/mol. The van der Waals surface area contributed by atoms with Crippen molar-refractivity contribution in [1.29, 1.82) is 0 Å². The molecule has 4 heteroatoms. The van der Waals surface area contributed by atoms with E-state index in [2.05, 4.69) is 0 Å². The van der Waals surface area contributed by atoms with E-state index in [9.17, 15) is 4.79 Å². The number of carbonyl (C=O) groups is 1. The molecule has 0 saturated heterocycles. The molecule has 0 fully saturated rings. The fraction of sp³-hybridized carbons (Fsp3) is 0.235. The predicted molar refractivity (Wildman–Crippen MR) is 80.6 cm³/mol. The monoisotopic (exact) mass is 286 g/mol. The van der Waals surface area contributed by atoms with Crippen molar-refractivity contribution in [2.45, 2.75) is 6.92 Å². The number of ketones is 1. The van der Waals surface area contributed by atoms with Gasteiger partial charge >= 0.3 is 0 Å². The minimum absolute atomic E-state index is 0.0696. The highest BCUT2D eigenvalue weighted by Crippen LogP contribution is 2.26. The topological polar surface area (TPSA) is 44.8 Å². The fourth-order valence-electron chi connectivity index (χ4n) is 1.99. The maximum atomic E-state index is 12.3. The van der Waals surface area contributed by atoms with E-state index in [1.165, 1.54) is 0 Å². The first kappa shape index (κ1) is 14.9. The molecule has 0 aliphatic rings. The van der Waals surface area contributed by atoms with Gasteiger partial charge < -0.3 is 14.2 Å². The van der Waals surface area contributed by atoms with Gasteiger partial charge in [0, 0.05) is 0 Å². The Morgan fingerprint density at radius 1 is 0.952 bits per heavy atom. The molecule has 0 aromatic heterocycles. The average Bonchev–Trinajstić information content (AvgIpc) is 2.52. The Morgan fingerprint density at radius 2 is 1.62 bits per heavy atom. The van der Waals surface area contributed by atoms with Gasteiger partial charge in [-0.15, -0.1) is 0 Å². The molecule has 21 heavy (non-hydrogen) atoms. The summed E-state index contributed by atoms with van der Waals surface area (Å²) < 4.78 is 16.0. The van der Waals surface area contributed by atoms with Crippen molar-refractivity contribution in [2.75, 3.05) is 20.8 Å². The highest BCUT2D eigenvalue weighted by atomic mass is 16.5. The number of aryl methyl sites for hydroxylation is 1. The third-order valence-electron chi connectivity index (χ3n) is 3.09. The minimum atomic E-state index is -0.141. The summed E-state index contributed by atoms with van der Waals surface area (Å²) in [6, 6.07) is 12.7. The molecule has 0 amide bonds. The molecule has 0 aliphatic heterocycles. The summed E-state index contributed by atoms with van der Waals surface area (Å²) in [5.74, 6) is 1.56. The Labute approximate surface area is 124 Å². The molecule has 0 radical (unpaired) electrons. The van der Waals surface area contributed by atoms with Gasteiger partial charge in [-0.1, -0.05) is 18.2 Å². The fourth-order valence-corrected chi connectivity index (χ4v) is 1.99. The standard InChI is InChI=1S/C17H18O4/c1-12-8-9-13(17(10-12)20-3)14(18)11-21-16-7-5-4-6-15(16)19-2/h4-10H,11H2,1-3H3. The molecule has 0 bridgehead atoms. The van der Waals surface area contributed by atoms with Crippen molar-refractivity contribution in [2.24, 2.45) is 0 Å². The highest BCUT2D eigenvalue weighted by molar-refractivity contribution is 5.99. The van der Waals surface area contributed by atoms with Gasteiger partial charge in [0.25, 0.3) is 0 Å². The third-order valence-corrected chi connectivity index (χ3v) is 3.09. The number of rotatable bonds is 6. The SMILES string of the molecule is COc1ccccc1OCC(=O)c1ccc(C)cc1OC. The van der Waals surface area contributed by atoms with Crippen molar-refractivity contribution in [1.82, 2.24) is 0 Å². The van der Waals surface area contributed by atoms with Crippen molar-refractivity contribution in [3.63, 3.8) is 0 Å². The molecular formula is C17H18O4. The van der Waals surface area contributed by atoms with Gasteiger partial charge in [-0.05, 0) is 36.8 Å². The number of benzene rings is 2. The average molecular weight is 286 g/mol. The van der Waals surface area contributed by atoms with Gasteiger partial charge in [-0.3, -0.25) is 4.79 Å². The molecule has 110 valence electrons. The van der Waals surface area contributed by atoms with Crippen LogP contribution in [0.1, 0.15) is 15.9 Å². The molecule has 2 aromatic carbocycles. The van der Waals surface area contributed by atoms with Gasteiger partial charge in [-0.2, -0.15) is 0 Å². The van der Waals surface area contributed by atoms with Gasteiger partial charge in [0.2, 0.25) is 5.78 Å². The van der Waals surface area contributed by atoms with E-state index in [0.29, 0.717) is 22.8 Å². The predicted octanol–water partition coefficient (Wildman–Crippen LogP) is 3.27. The second kappa shape index (κ2) is 6.79. The second-order valence-corrected chi connectivity index (χ2v) is 4.57. The Morgan fingerprint density at radius 3 is 2.29 bits per heavy atom. The van der Waals surface area contributed by atoms with Gasteiger partial charge in [-0.25, -0.2) is 0 Å². The normalized spacial score (nSPS) is 10.0. The molecule has 0 unspecified atom stereocenters. The number of para-hydroxylation sites is 2. The van der Waals surface area contributed by atoms with Gasteiger partial charge in [0.15, 0.2) is 18.1 Å². The lowest BCUT2D eigenvalue weighted by Crippen LogP contribution is -2.13. The number of hydrogen-bond acceptors (Lipinski definition) is 4. The number of ether oxygens (including phenoxy) is 3. The first-order valence-electron chi connectivity index (χ1n) is 6.59. The largest absolute Gasteiger partial charge is 0.496 e. The van der Waals surface area contributed by atoms with Crippen LogP contribution in [0.3, 0.4) is 0 Å². The maximum Gasteiger partial charge on any atom is 0.203 e. The zero-order valence-electron chi connectivity index (χ0n) is 12.4. The lowest BCUT2D eigenvalue weighted by Gasteiger charge is -2.11. The van der Waals surface area contributed by atoms with E-state index in [1.807, 2.05) is 31.2 Å². The maximum absolute atomic E-state index is 12.3. The summed E-state index contributed by atoms with van der Waals surface area (Å²) in [5, 5.41) is 0. The van der Waals surface area contributed by atoms with Crippen LogP contribution in [0.4, 0.5) is 0 Å². The quantitative estimate of drug-likeness (QED) is 0.764. The van der Waals surface area contributed by atoms with Crippen LogP contribution in [0.15, 0.2) is 42.5 Å². The Bertz CT molecular complexity index is 634. The second-order valence-electron chi connectivity index (χ2n) is 4.57. The summed E-state index contributed by atoms with van der Waals surface area (Å²) in [4.78, 5) is 12.3. The zero-order valence-corrected chi connectivity index (χ0v) is 12.4. The van der Waals surface area contributed by atoms with E-state index in [4.69, 9.17) is 14.2 Å². The van der Waals surface area contributed by atoms with Crippen LogP contribution in [-0.2, 0) is 0 Å². The van der Waals surface area contributed by atoms with E-state index in [-0.39, 0.29) is 12.4 Å². The van der Waals surface area contributed by atoms with Crippen LogP contribution in [0.2, 0.25) is 0 Å². The summed E-state index contributed by atoms with van der Waals surface area (Å²) in [7, 11) is 3.11. The van der Waals surface area contributed by atoms with E-state index in [0.717, 1.165) is 5.56 Å². The Balaban J connectivity index is 2.12. The van der Waals surface area contributed by atoms with Crippen LogP contribution in [0, 0.1) is 6.92 Å². The molecule has 0 aliphatic carbocycles. The molecule has 4 nitrogen and oxygen atoms in total. The summed E-state index contributed by atoms with van der Waals surface area (Å²) in [5.41, 5.74) is 1.55. The van der Waals surface area contributed by atoms with E-state index in [1.54, 1.807) is 32.4 Å². The van der Waals surface area contributed by atoms with Crippen LogP contribution in [0.25, 0.3) is 0 Å². The van der Waals surface area contributed by atoms with Gasteiger partial charge in [0.1, 0.15) is 5.75 Å². The van der Waals surface area contributed by atoms with Crippen molar-refractivity contribution < 1.29 is 19.0 Å². The van der Waals surface area contributed by atoms with Gasteiger partial charge in [0.05, 0.1) is 19.8 Å².